The zero-order valence-corrected chi connectivity index (χ0v) is 14.4. The molecule has 0 unspecified atom stereocenters. The highest BCUT2D eigenvalue weighted by atomic mass is 16.5. The Morgan fingerprint density at radius 3 is 2.52 bits per heavy atom. The van der Waals surface area contributed by atoms with E-state index in [1.807, 2.05) is 13.0 Å². The third-order valence-electron chi connectivity index (χ3n) is 4.20. The van der Waals surface area contributed by atoms with Crippen molar-refractivity contribution in [3.63, 3.8) is 0 Å². The molecule has 0 spiro atoms. The SMILES string of the molecule is CCOCCOc1ccccc1CN1CCN(CCCN)CC1. The van der Waals surface area contributed by atoms with Crippen molar-refractivity contribution < 1.29 is 9.47 Å². The number of nitrogens with two attached hydrogens (primary N) is 1. The van der Waals surface area contributed by atoms with Crippen LogP contribution in [0.15, 0.2) is 24.3 Å². The second-order valence-corrected chi connectivity index (χ2v) is 5.91. The topological polar surface area (TPSA) is 51.0 Å². The molecule has 0 bridgehead atoms. The van der Waals surface area contributed by atoms with Crippen molar-refractivity contribution in [3.05, 3.63) is 29.8 Å². The van der Waals surface area contributed by atoms with E-state index in [9.17, 15) is 0 Å². The monoisotopic (exact) mass is 321 g/mol. The van der Waals surface area contributed by atoms with Crippen LogP contribution in [0.5, 0.6) is 5.75 Å². The predicted octanol–water partition coefficient (Wildman–Crippen LogP) is 1.57. The molecule has 0 radical (unpaired) electrons. The molecule has 0 aromatic heterocycles. The molecule has 0 amide bonds. The lowest BCUT2D eigenvalue weighted by Gasteiger charge is -2.34. The van der Waals surface area contributed by atoms with Crippen LogP contribution < -0.4 is 10.5 Å². The molecule has 1 fully saturated rings. The summed E-state index contributed by atoms with van der Waals surface area (Å²) < 4.78 is 11.2. The molecule has 5 nitrogen and oxygen atoms in total. The lowest BCUT2D eigenvalue weighted by Crippen LogP contribution is -2.46. The molecule has 23 heavy (non-hydrogen) atoms. The summed E-state index contributed by atoms with van der Waals surface area (Å²) in [6.07, 6.45) is 1.09. The van der Waals surface area contributed by atoms with Crippen LogP contribution in [0.4, 0.5) is 0 Å². The average Bonchev–Trinajstić information content (AvgIpc) is 2.59. The maximum atomic E-state index is 5.88. The van der Waals surface area contributed by atoms with Crippen LogP contribution in [0.3, 0.4) is 0 Å². The van der Waals surface area contributed by atoms with Gasteiger partial charge in [-0.2, -0.15) is 0 Å². The molecule has 1 saturated heterocycles. The predicted molar refractivity (Wildman–Crippen MR) is 93.8 cm³/mol. The van der Waals surface area contributed by atoms with Crippen LogP contribution in [-0.2, 0) is 11.3 Å². The van der Waals surface area contributed by atoms with Gasteiger partial charge in [-0.15, -0.1) is 0 Å². The third-order valence-corrected chi connectivity index (χ3v) is 4.20. The van der Waals surface area contributed by atoms with Gasteiger partial charge in [0.15, 0.2) is 0 Å². The van der Waals surface area contributed by atoms with E-state index in [4.69, 9.17) is 15.2 Å². The zero-order valence-electron chi connectivity index (χ0n) is 14.4. The first-order valence-electron chi connectivity index (χ1n) is 8.76. The van der Waals surface area contributed by atoms with Gasteiger partial charge >= 0.3 is 0 Å². The average molecular weight is 321 g/mol. The van der Waals surface area contributed by atoms with E-state index in [0.29, 0.717) is 13.2 Å². The minimum Gasteiger partial charge on any atom is -0.491 e. The fraction of sp³-hybridized carbons (Fsp3) is 0.667. The fourth-order valence-electron chi connectivity index (χ4n) is 2.86. The van der Waals surface area contributed by atoms with E-state index >= 15 is 0 Å². The first-order valence-corrected chi connectivity index (χ1v) is 8.76. The summed E-state index contributed by atoms with van der Waals surface area (Å²) in [5.41, 5.74) is 6.85. The molecule has 0 aliphatic carbocycles. The fourth-order valence-corrected chi connectivity index (χ4v) is 2.86. The number of benzene rings is 1. The Kier molecular flexibility index (Phi) is 8.39. The summed E-state index contributed by atoms with van der Waals surface area (Å²) in [5.74, 6) is 0.984. The highest BCUT2D eigenvalue weighted by Gasteiger charge is 2.17. The molecule has 5 heteroatoms. The van der Waals surface area contributed by atoms with E-state index in [0.717, 1.165) is 64.6 Å². The number of ether oxygens (including phenoxy) is 2. The lowest BCUT2D eigenvalue weighted by molar-refractivity contribution is 0.107. The summed E-state index contributed by atoms with van der Waals surface area (Å²) >= 11 is 0. The minimum atomic E-state index is 0.609. The van der Waals surface area contributed by atoms with Gasteiger partial charge in [0.25, 0.3) is 0 Å². The summed E-state index contributed by atoms with van der Waals surface area (Å²) in [6.45, 7) is 11.3. The van der Waals surface area contributed by atoms with Gasteiger partial charge in [-0.3, -0.25) is 4.90 Å². The Hall–Kier alpha value is -1.14. The van der Waals surface area contributed by atoms with E-state index in [-0.39, 0.29) is 0 Å². The molecule has 1 aromatic carbocycles. The van der Waals surface area contributed by atoms with Crippen molar-refractivity contribution in [1.29, 1.82) is 0 Å². The van der Waals surface area contributed by atoms with Gasteiger partial charge in [0.2, 0.25) is 0 Å². The highest BCUT2D eigenvalue weighted by molar-refractivity contribution is 5.33. The standard InChI is InChI=1S/C18H31N3O2/c1-2-22-14-15-23-18-7-4-3-6-17(18)16-21-12-10-20(11-13-21)9-5-8-19/h3-4,6-7H,2,5,8-16,19H2,1H3. The number of hydrogen-bond donors (Lipinski definition) is 1. The maximum absolute atomic E-state index is 5.88. The smallest absolute Gasteiger partial charge is 0.123 e. The minimum absolute atomic E-state index is 0.609. The van der Waals surface area contributed by atoms with Gasteiger partial charge in [-0.05, 0) is 32.5 Å². The van der Waals surface area contributed by atoms with Crippen molar-refractivity contribution in [2.45, 2.75) is 19.9 Å². The van der Waals surface area contributed by atoms with Gasteiger partial charge in [-0.25, -0.2) is 0 Å². The van der Waals surface area contributed by atoms with Gasteiger partial charge in [0.05, 0.1) is 6.61 Å². The van der Waals surface area contributed by atoms with Gasteiger partial charge in [-0.1, -0.05) is 18.2 Å². The molecule has 2 N–H and O–H groups in total. The Balaban J connectivity index is 1.79. The molecule has 0 saturated carbocycles. The number of hydrogen-bond acceptors (Lipinski definition) is 5. The van der Waals surface area contributed by atoms with E-state index in [1.165, 1.54) is 5.56 Å². The molecule has 130 valence electrons. The van der Waals surface area contributed by atoms with E-state index in [1.54, 1.807) is 0 Å². The Bertz CT molecular complexity index is 434. The van der Waals surface area contributed by atoms with Crippen LogP contribution in [0, 0.1) is 0 Å². The lowest BCUT2D eigenvalue weighted by atomic mass is 10.1. The zero-order chi connectivity index (χ0) is 16.3. The first kappa shape index (κ1) is 18.2. The Labute approximate surface area is 140 Å². The number of rotatable bonds is 10. The van der Waals surface area contributed by atoms with Crippen molar-refractivity contribution in [3.8, 4) is 5.75 Å². The van der Waals surface area contributed by atoms with Crippen molar-refractivity contribution in [1.82, 2.24) is 9.80 Å². The van der Waals surface area contributed by atoms with Crippen LogP contribution >= 0.6 is 0 Å². The van der Waals surface area contributed by atoms with Gasteiger partial charge in [0, 0.05) is 44.9 Å². The number of piperazine rings is 1. The maximum Gasteiger partial charge on any atom is 0.123 e. The van der Waals surface area contributed by atoms with Crippen molar-refractivity contribution in [2.75, 3.05) is 59.1 Å². The second kappa shape index (κ2) is 10.6. The van der Waals surface area contributed by atoms with Crippen LogP contribution in [0.25, 0.3) is 0 Å². The molecule has 1 heterocycles. The largest absolute Gasteiger partial charge is 0.491 e. The molecule has 1 aromatic rings. The number of nitrogens with zero attached hydrogens (tertiary/aromatic N) is 2. The van der Waals surface area contributed by atoms with Crippen molar-refractivity contribution >= 4 is 0 Å². The molecule has 1 aliphatic heterocycles. The Morgan fingerprint density at radius 2 is 1.78 bits per heavy atom. The quantitative estimate of drug-likeness (QED) is 0.663. The van der Waals surface area contributed by atoms with Crippen LogP contribution in [0.2, 0.25) is 0 Å². The molecule has 1 aliphatic rings. The first-order chi connectivity index (χ1) is 11.3. The summed E-state index contributed by atoms with van der Waals surface area (Å²) in [5, 5.41) is 0. The number of para-hydroxylation sites is 1. The van der Waals surface area contributed by atoms with E-state index < -0.39 is 0 Å². The Morgan fingerprint density at radius 1 is 1.04 bits per heavy atom. The van der Waals surface area contributed by atoms with E-state index in [2.05, 4.69) is 28.0 Å². The molecule has 0 atom stereocenters. The second-order valence-electron chi connectivity index (χ2n) is 5.91. The van der Waals surface area contributed by atoms with Gasteiger partial charge < -0.3 is 20.1 Å². The summed E-state index contributed by atoms with van der Waals surface area (Å²) in [7, 11) is 0. The normalized spacial score (nSPS) is 16.6. The van der Waals surface area contributed by atoms with Crippen LogP contribution in [-0.4, -0.2) is 68.9 Å². The molecule has 2 rings (SSSR count). The summed E-state index contributed by atoms with van der Waals surface area (Å²) in [6, 6.07) is 8.34. The molecular formula is C18H31N3O2. The van der Waals surface area contributed by atoms with Gasteiger partial charge in [0.1, 0.15) is 12.4 Å². The third kappa shape index (κ3) is 6.47. The van der Waals surface area contributed by atoms with Crippen LogP contribution in [0.1, 0.15) is 18.9 Å². The van der Waals surface area contributed by atoms with Crippen molar-refractivity contribution in [2.24, 2.45) is 5.73 Å². The highest BCUT2D eigenvalue weighted by Crippen LogP contribution is 2.20. The summed E-state index contributed by atoms with van der Waals surface area (Å²) in [4.78, 5) is 5.01. The molecular weight excluding hydrogens is 290 g/mol.